The second-order valence-electron chi connectivity index (χ2n) is 5.33. The van der Waals surface area contributed by atoms with Gasteiger partial charge in [-0.05, 0) is 0 Å². The van der Waals surface area contributed by atoms with Crippen molar-refractivity contribution in [1.29, 1.82) is 0 Å². The van der Waals surface area contributed by atoms with Crippen LogP contribution in [-0.2, 0) is 10.9 Å². The van der Waals surface area contributed by atoms with E-state index in [0.717, 1.165) is 8.92 Å². The summed E-state index contributed by atoms with van der Waals surface area (Å²) in [5, 5.41) is 6.91. The van der Waals surface area contributed by atoms with Gasteiger partial charge in [-0.1, -0.05) is 0 Å². The third-order valence-electron chi connectivity index (χ3n) is 3.47. The number of esters is 1. The Morgan fingerprint density at radius 1 is 1.07 bits per heavy atom. The fraction of sp³-hybridized carbons (Fsp3) is 0.167. The van der Waals surface area contributed by atoms with Gasteiger partial charge in [-0.2, -0.15) is 0 Å². The summed E-state index contributed by atoms with van der Waals surface area (Å²) in [5.41, 5.74) is -1.93. The average Bonchev–Trinajstić information content (AvgIpc) is 3.09. The van der Waals surface area contributed by atoms with E-state index in [2.05, 4.69) is 15.0 Å². The number of nitrogens with zero attached hydrogens (tertiary/aromatic N) is 3. The molecule has 0 atom stereocenters. The van der Waals surface area contributed by atoms with Gasteiger partial charge in [-0.15, -0.1) is 0 Å². The third kappa shape index (κ3) is 4.37. The molecule has 3 aromatic rings. The van der Waals surface area contributed by atoms with Crippen LogP contribution < -0.4 is 8.92 Å². The Balaban J connectivity index is 1.93. The van der Waals surface area contributed by atoms with Crippen molar-refractivity contribution in [3.8, 4) is 5.69 Å². The molecule has 0 radical (unpaired) electrons. The molecule has 3 rings (SSSR count). The molecule has 2 aromatic carbocycles. The van der Waals surface area contributed by atoms with E-state index in [1.54, 1.807) is 12.1 Å². The molecule has 27 heavy (non-hydrogen) atoms. The summed E-state index contributed by atoms with van der Waals surface area (Å²) in [4.78, 5) is 11.8. The first-order valence-electron chi connectivity index (χ1n) is 7.93. The molecule has 0 saturated carbocycles. The van der Waals surface area contributed by atoms with Crippen molar-refractivity contribution in [2.45, 2.75) is 13.1 Å². The van der Waals surface area contributed by atoms with Crippen molar-refractivity contribution in [2.75, 3.05) is 6.61 Å². The number of benzene rings is 2. The minimum atomic E-state index is -4.81. The summed E-state index contributed by atoms with van der Waals surface area (Å²) < 4.78 is 47.9. The van der Waals surface area contributed by atoms with Crippen molar-refractivity contribution in [2.24, 2.45) is 0 Å². The molecule has 140 valence electrons. The number of carbonyl (C=O) groups excluding carboxylic acids is 1. The Morgan fingerprint density at radius 2 is 1.70 bits per heavy atom. The monoisotopic (exact) mass is 441 g/mol. The van der Waals surface area contributed by atoms with Crippen LogP contribution in [0.4, 0.5) is 13.2 Å². The maximum atomic E-state index is 13.5. The summed E-state index contributed by atoms with van der Waals surface area (Å²) in [6.45, 7) is 1.45. The van der Waals surface area contributed by atoms with Crippen molar-refractivity contribution in [1.82, 2.24) is 15.0 Å². The fourth-order valence-corrected chi connectivity index (χ4v) is 4.09. The predicted molar refractivity (Wildman–Crippen MR) is 93.8 cm³/mol. The molecular formula is C18H14F3N3O2Se. The molecule has 0 amide bonds. The van der Waals surface area contributed by atoms with Gasteiger partial charge < -0.3 is 0 Å². The van der Waals surface area contributed by atoms with E-state index in [-0.39, 0.29) is 27.3 Å². The summed E-state index contributed by atoms with van der Waals surface area (Å²) >= 11 is 0.0328. The molecule has 0 bridgehead atoms. The van der Waals surface area contributed by atoms with Gasteiger partial charge in [0.1, 0.15) is 0 Å². The van der Waals surface area contributed by atoms with E-state index >= 15 is 0 Å². The molecule has 0 fully saturated rings. The number of halogens is 3. The van der Waals surface area contributed by atoms with E-state index in [9.17, 15) is 18.0 Å². The van der Waals surface area contributed by atoms with Crippen LogP contribution in [0.5, 0.6) is 0 Å². The van der Waals surface area contributed by atoms with Crippen molar-refractivity contribution < 1.29 is 22.7 Å². The summed E-state index contributed by atoms with van der Waals surface area (Å²) in [5.74, 6) is -1.15. The van der Waals surface area contributed by atoms with Crippen LogP contribution in [0.25, 0.3) is 5.69 Å². The summed E-state index contributed by atoms with van der Waals surface area (Å²) in [6, 6.07) is 16.3. The average molecular weight is 440 g/mol. The zero-order valence-corrected chi connectivity index (χ0v) is 15.8. The number of hydrogen-bond donors (Lipinski definition) is 0. The van der Waals surface area contributed by atoms with Crippen molar-refractivity contribution in [3.63, 3.8) is 0 Å². The Kier molecular flexibility index (Phi) is 5.62. The molecule has 1 aromatic heterocycles. The van der Waals surface area contributed by atoms with E-state index in [1.165, 1.54) is 19.1 Å². The van der Waals surface area contributed by atoms with E-state index in [4.69, 9.17) is 0 Å². The molecule has 0 spiro atoms. The minimum absolute atomic E-state index is 0.0328. The molecule has 0 aliphatic rings. The molecular weight excluding hydrogens is 426 g/mol. The van der Waals surface area contributed by atoms with Gasteiger partial charge in [0.25, 0.3) is 0 Å². The van der Waals surface area contributed by atoms with Gasteiger partial charge in [0, 0.05) is 0 Å². The quantitative estimate of drug-likeness (QED) is 0.451. The zero-order valence-electron chi connectivity index (χ0n) is 14.1. The van der Waals surface area contributed by atoms with Gasteiger partial charge in [-0.3, -0.25) is 0 Å². The standard InChI is InChI=1S/C18H14F3N3O2Se/c1-2-26-17(25)15-16(18(19,20)21)24(23-22-15)12-8-10-14(11-9-12)27-13-6-4-3-5-7-13/h3-11H,2H2,1H3. The number of carbonyl (C=O) groups is 1. The van der Waals surface area contributed by atoms with Crippen LogP contribution in [0.3, 0.4) is 0 Å². The van der Waals surface area contributed by atoms with Crippen molar-refractivity contribution >= 4 is 29.8 Å². The molecule has 0 unspecified atom stereocenters. The zero-order chi connectivity index (χ0) is 19.4. The molecule has 5 nitrogen and oxygen atoms in total. The van der Waals surface area contributed by atoms with Gasteiger partial charge in [0.15, 0.2) is 0 Å². The Bertz CT molecular complexity index is 925. The van der Waals surface area contributed by atoms with Crippen LogP contribution in [0.15, 0.2) is 54.6 Å². The molecule has 0 N–H and O–H groups in total. The summed E-state index contributed by atoms with van der Waals surface area (Å²) in [7, 11) is 0. The number of ether oxygens (including phenoxy) is 1. The fourth-order valence-electron chi connectivity index (χ4n) is 2.33. The first-order valence-corrected chi connectivity index (χ1v) is 9.65. The number of aromatic nitrogens is 3. The maximum absolute atomic E-state index is 13.5. The van der Waals surface area contributed by atoms with E-state index in [1.807, 2.05) is 30.3 Å². The molecule has 0 aliphatic carbocycles. The summed E-state index contributed by atoms with van der Waals surface area (Å²) in [6.07, 6.45) is -4.81. The Hall–Kier alpha value is -2.64. The predicted octanol–water partition coefficient (Wildman–Crippen LogP) is 2.12. The van der Waals surface area contributed by atoms with E-state index < -0.39 is 23.5 Å². The SMILES string of the molecule is CCOC(=O)c1nnn(-c2ccc([Se]c3ccccc3)cc2)c1C(F)(F)F. The second kappa shape index (κ2) is 7.94. The first kappa shape index (κ1) is 19.1. The number of hydrogen-bond acceptors (Lipinski definition) is 4. The molecule has 9 heteroatoms. The third-order valence-corrected chi connectivity index (χ3v) is 5.60. The Labute approximate surface area is 159 Å². The van der Waals surface area contributed by atoms with Crippen LogP contribution in [0.2, 0.25) is 0 Å². The Morgan fingerprint density at radius 3 is 2.30 bits per heavy atom. The molecule has 1 heterocycles. The van der Waals surface area contributed by atoms with Gasteiger partial charge >= 0.3 is 159 Å². The normalized spacial score (nSPS) is 11.4. The topological polar surface area (TPSA) is 57.0 Å². The first-order chi connectivity index (χ1) is 12.9. The van der Waals surface area contributed by atoms with Crippen LogP contribution in [-0.4, -0.2) is 42.5 Å². The van der Waals surface area contributed by atoms with Gasteiger partial charge in [0.2, 0.25) is 0 Å². The second-order valence-corrected chi connectivity index (χ2v) is 7.73. The van der Waals surface area contributed by atoms with Crippen LogP contribution in [0.1, 0.15) is 23.1 Å². The van der Waals surface area contributed by atoms with Crippen LogP contribution in [0, 0.1) is 0 Å². The van der Waals surface area contributed by atoms with Crippen molar-refractivity contribution in [3.05, 3.63) is 66.0 Å². The number of rotatable bonds is 5. The molecule has 0 aliphatic heterocycles. The van der Waals surface area contributed by atoms with Gasteiger partial charge in [-0.25, -0.2) is 0 Å². The molecule has 0 saturated heterocycles. The number of alkyl halides is 3. The van der Waals surface area contributed by atoms with Crippen LogP contribution >= 0.6 is 0 Å². The van der Waals surface area contributed by atoms with Gasteiger partial charge in [0.05, 0.1) is 0 Å². The van der Waals surface area contributed by atoms with E-state index in [0.29, 0.717) is 4.68 Å².